The van der Waals surface area contributed by atoms with Crippen LogP contribution < -0.4 is 10.2 Å². The summed E-state index contributed by atoms with van der Waals surface area (Å²) in [6, 6.07) is 12.0. The van der Waals surface area contributed by atoms with Crippen molar-refractivity contribution in [2.75, 3.05) is 24.5 Å². The zero-order valence-electron chi connectivity index (χ0n) is 14.1. The number of carbonyl (C=O) groups excluding carboxylic acids is 1. The van der Waals surface area contributed by atoms with E-state index < -0.39 is 0 Å². The van der Waals surface area contributed by atoms with Gasteiger partial charge in [0, 0.05) is 43.3 Å². The summed E-state index contributed by atoms with van der Waals surface area (Å²) in [5, 5.41) is 3.00. The molecule has 4 heteroatoms. The molecule has 4 nitrogen and oxygen atoms in total. The highest BCUT2D eigenvalue weighted by Gasteiger charge is 2.11. The SMILES string of the molecule is O=C(NCCCc1cccnc1)c1ccc(N2CCCCC2)cc1. The average Bonchev–Trinajstić information content (AvgIpc) is 2.67. The Balaban J connectivity index is 1.44. The molecule has 1 aromatic heterocycles. The Morgan fingerprint density at radius 2 is 1.88 bits per heavy atom. The topological polar surface area (TPSA) is 45.2 Å². The van der Waals surface area contributed by atoms with E-state index in [9.17, 15) is 4.79 Å². The zero-order chi connectivity index (χ0) is 16.6. The minimum Gasteiger partial charge on any atom is -0.372 e. The van der Waals surface area contributed by atoms with E-state index in [1.807, 2.05) is 24.4 Å². The Kier molecular flexibility index (Phi) is 5.83. The van der Waals surface area contributed by atoms with Crippen LogP contribution in [0.15, 0.2) is 48.8 Å². The molecule has 1 N–H and O–H groups in total. The van der Waals surface area contributed by atoms with Gasteiger partial charge in [0.05, 0.1) is 0 Å². The number of amides is 1. The summed E-state index contributed by atoms with van der Waals surface area (Å²) in [4.78, 5) is 18.7. The number of pyridine rings is 1. The van der Waals surface area contributed by atoms with Crippen LogP contribution in [0.1, 0.15) is 41.6 Å². The fraction of sp³-hybridized carbons (Fsp3) is 0.400. The van der Waals surface area contributed by atoms with Crippen LogP contribution in [0.4, 0.5) is 5.69 Å². The van der Waals surface area contributed by atoms with Gasteiger partial charge in [0.25, 0.3) is 5.91 Å². The van der Waals surface area contributed by atoms with Crippen molar-refractivity contribution in [3.63, 3.8) is 0 Å². The molecular weight excluding hydrogens is 298 g/mol. The highest BCUT2D eigenvalue weighted by Crippen LogP contribution is 2.20. The number of aryl methyl sites for hydroxylation is 1. The third-order valence-electron chi connectivity index (χ3n) is 4.50. The van der Waals surface area contributed by atoms with Crippen LogP contribution in [0.25, 0.3) is 0 Å². The smallest absolute Gasteiger partial charge is 0.251 e. The number of aromatic nitrogens is 1. The van der Waals surface area contributed by atoms with E-state index in [-0.39, 0.29) is 5.91 Å². The van der Waals surface area contributed by atoms with E-state index in [0.717, 1.165) is 31.5 Å². The van der Waals surface area contributed by atoms with Gasteiger partial charge < -0.3 is 10.2 Å². The number of benzene rings is 1. The number of hydrogen-bond donors (Lipinski definition) is 1. The van der Waals surface area contributed by atoms with Crippen molar-refractivity contribution in [1.29, 1.82) is 0 Å². The van der Waals surface area contributed by atoms with Crippen molar-refractivity contribution in [1.82, 2.24) is 10.3 Å². The molecular formula is C20H25N3O. The molecule has 0 radical (unpaired) electrons. The van der Waals surface area contributed by atoms with Crippen LogP contribution in [0.2, 0.25) is 0 Å². The summed E-state index contributed by atoms with van der Waals surface area (Å²) in [6.07, 6.45) is 9.36. The minimum atomic E-state index is 0.00591. The molecule has 1 aliphatic heterocycles. The zero-order valence-corrected chi connectivity index (χ0v) is 14.1. The summed E-state index contributed by atoms with van der Waals surface area (Å²) in [7, 11) is 0. The molecule has 1 aliphatic rings. The molecule has 0 aliphatic carbocycles. The largest absolute Gasteiger partial charge is 0.372 e. The van der Waals surface area contributed by atoms with Gasteiger partial charge in [-0.2, -0.15) is 0 Å². The minimum absolute atomic E-state index is 0.00591. The van der Waals surface area contributed by atoms with Crippen LogP contribution in [-0.2, 0) is 6.42 Å². The van der Waals surface area contributed by atoms with Crippen LogP contribution in [0.5, 0.6) is 0 Å². The third kappa shape index (κ3) is 4.57. The Morgan fingerprint density at radius 3 is 2.58 bits per heavy atom. The Morgan fingerprint density at radius 1 is 1.08 bits per heavy atom. The first-order valence-corrected chi connectivity index (χ1v) is 8.85. The summed E-state index contributed by atoms with van der Waals surface area (Å²) in [5.74, 6) is 0.00591. The van der Waals surface area contributed by atoms with Crippen LogP contribution in [0, 0.1) is 0 Å². The maximum absolute atomic E-state index is 12.2. The molecule has 0 bridgehead atoms. The lowest BCUT2D eigenvalue weighted by Crippen LogP contribution is -2.29. The second kappa shape index (κ2) is 8.48. The fourth-order valence-electron chi connectivity index (χ4n) is 3.12. The van der Waals surface area contributed by atoms with Crippen LogP contribution in [-0.4, -0.2) is 30.5 Å². The van der Waals surface area contributed by atoms with E-state index in [4.69, 9.17) is 0 Å². The molecule has 1 fully saturated rings. The third-order valence-corrected chi connectivity index (χ3v) is 4.50. The van der Waals surface area contributed by atoms with Gasteiger partial charge in [0.15, 0.2) is 0 Å². The predicted molar refractivity (Wildman–Crippen MR) is 97.4 cm³/mol. The molecule has 0 spiro atoms. The first-order chi connectivity index (χ1) is 11.8. The first-order valence-electron chi connectivity index (χ1n) is 8.85. The molecule has 0 atom stereocenters. The van der Waals surface area contributed by atoms with Gasteiger partial charge in [-0.1, -0.05) is 6.07 Å². The average molecular weight is 323 g/mol. The van der Waals surface area contributed by atoms with Crippen molar-refractivity contribution in [2.45, 2.75) is 32.1 Å². The number of nitrogens with one attached hydrogen (secondary N) is 1. The number of anilines is 1. The Hall–Kier alpha value is -2.36. The molecule has 1 aromatic carbocycles. The molecule has 2 aromatic rings. The standard InChI is InChI=1S/C20H25N3O/c24-20(22-13-5-7-17-6-4-12-21-16-17)18-8-10-19(11-9-18)23-14-2-1-3-15-23/h4,6,8-12,16H,1-3,5,7,13-15H2,(H,22,24). The number of hydrogen-bond acceptors (Lipinski definition) is 3. The second-order valence-electron chi connectivity index (χ2n) is 6.32. The van der Waals surface area contributed by atoms with Crippen molar-refractivity contribution in [3.05, 3.63) is 59.9 Å². The predicted octanol–water partition coefficient (Wildman–Crippen LogP) is 3.43. The lowest BCUT2D eigenvalue weighted by atomic mass is 10.1. The van der Waals surface area contributed by atoms with E-state index in [1.54, 1.807) is 6.20 Å². The maximum Gasteiger partial charge on any atom is 0.251 e. The maximum atomic E-state index is 12.2. The number of piperidine rings is 1. The van der Waals surface area contributed by atoms with Crippen molar-refractivity contribution in [3.8, 4) is 0 Å². The molecule has 0 unspecified atom stereocenters. The number of rotatable bonds is 6. The van der Waals surface area contributed by atoms with Crippen molar-refractivity contribution in [2.24, 2.45) is 0 Å². The molecule has 1 amide bonds. The molecule has 3 rings (SSSR count). The quantitative estimate of drug-likeness (QED) is 0.828. The van der Waals surface area contributed by atoms with Gasteiger partial charge in [-0.25, -0.2) is 0 Å². The molecule has 1 saturated heterocycles. The van der Waals surface area contributed by atoms with E-state index >= 15 is 0 Å². The van der Waals surface area contributed by atoms with E-state index in [2.05, 4.69) is 33.4 Å². The molecule has 24 heavy (non-hydrogen) atoms. The summed E-state index contributed by atoms with van der Waals surface area (Å²) < 4.78 is 0. The normalized spacial score (nSPS) is 14.4. The molecule has 2 heterocycles. The van der Waals surface area contributed by atoms with Gasteiger partial charge in [0.2, 0.25) is 0 Å². The monoisotopic (exact) mass is 323 g/mol. The summed E-state index contributed by atoms with van der Waals surface area (Å²) in [6.45, 7) is 2.93. The molecule has 126 valence electrons. The van der Waals surface area contributed by atoms with Crippen molar-refractivity contribution < 1.29 is 4.79 Å². The molecule has 0 saturated carbocycles. The van der Waals surface area contributed by atoms with Crippen molar-refractivity contribution >= 4 is 11.6 Å². The van der Waals surface area contributed by atoms with Gasteiger partial charge in [-0.15, -0.1) is 0 Å². The summed E-state index contributed by atoms with van der Waals surface area (Å²) >= 11 is 0. The van der Waals surface area contributed by atoms with Gasteiger partial charge in [-0.05, 0) is 68.0 Å². The van der Waals surface area contributed by atoms with Gasteiger partial charge in [0.1, 0.15) is 0 Å². The highest BCUT2D eigenvalue weighted by molar-refractivity contribution is 5.94. The lowest BCUT2D eigenvalue weighted by Gasteiger charge is -2.28. The summed E-state index contributed by atoms with van der Waals surface area (Å²) in [5.41, 5.74) is 3.16. The van der Waals surface area contributed by atoms with Gasteiger partial charge >= 0.3 is 0 Å². The van der Waals surface area contributed by atoms with Gasteiger partial charge in [-0.3, -0.25) is 9.78 Å². The Bertz CT molecular complexity index is 634. The first kappa shape index (κ1) is 16.5. The highest BCUT2D eigenvalue weighted by atomic mass is 16.1. The van der Waals surface area contributed by atoms with E-state index in [0.29, 0.717) is 6.54 Å². The van der Waals surface area contributed by atoms with E-state index in [1.165, 1.54) is 30.5 Å². The number of nitrogens with zero attached hydrogens (tertiary/aromatic N) is 2. The Labute approximate surface area is 143 Å². The second-order valence-corrected chi connectivity index (χ2v) is 6.32. The number of carbonyl (C=O) groups is 1. The fourth-order valence-corrected chi connectivity index (χ4v) is 3.12. The lowest BCUT2D eigenvalue weighted by molar-refractivity contribution is 0.0953. The van der Waals surface area contributed by atoms with Crippen LogP contribution >= 0.6 is 0 Å². The van der Waals surface area contributed by atoms with Crippen LogP contribution in [0.3, 0.4) is 0 Å².